The fraction of sp³-hybridized carbons (Fsp3) is 0.217. The molecule has 0 aliphatic carbocycles. The van der Waals surface area contributed by atoms with Crippen molar-refractivity contribution >= 4 is 11.9 Å². The van der Waals surface area contributed by atoms with Gasteiger partial charge in [-0.05, 0) is 18.1 Å². The molecule has 1 unspecified atom stereocenters. The van der Waals surface area contributed by atoms with Crippen molar-refractivity contribution in [2.75, 3.05) is 0 Å². The molecule has 0 radical (unpaired) electrons. The number of carbonyl (C=O) groups excluding carboxylic acids is 2. The average Bonchev–Trinajstić information content (AvgIpc) is 2.67. The number of hydrogen-bond donors (Lipinski definition) is 1. The van der Waals surface area contributed by atoms with Crippen molar-refractivity contribution in [3.8, 4) is 0 Å². The maximum Gasteiger partial charge on any atom is 0.334 e. The largest absolute Gasteiger partial charge is 0.445 e. The van der Waals surface area contributed by atoms with Gasteiger partial charge in [0, 0.05) is 25.0 Å². The molecule has 0 aromatic heterocycles. The summed E-state index contributed by atoms with van der Waals surface area (Å²) in [6, 6.07) is 19.0. The Morgan fingerprint density at radius 2 is 1.59 bits per heavy atom. The summed E-state index contributed by atoms with van der Waals surface area (Å²) in [5, 5.41) is 2.90. The first-order valence-electron chi connectivity index (χ1n) is 8.83. The van der Waals surface area contributed by atoms with Gasteiger partial charge in [0.1, 0.15) is 0 Å². The quantitative estimate of drug-likeness (QED) is 0.416. The molecule has 1 atom stereocenters. The Hall–Kier alpha value is -3.14. The second-order valence-electron chi connectivity index (χ2n) is 6.49. The first-order valence-corrected chi connectivity index (χ1v) is 8.83. The van der Waals surface area contributed by atoms with Gasteiger partial charge in [-0.2, -0.15) is 0 Å². The zero-order valence-electron chi connectivity index (χ0n) is 15.6. The number of hydrogen-bond acceptors (Lipinski definition) is 3. The maximum absolute atomic E-state index is 13.1. The molecule has 1 N–H and O–H groups in total. The average molecular weight is 363 g/mol. The van der Waals surface area contributed by atoms with Gasteiger partial charge in [-0.25, -0.2) is 4.79 Å². The molecule has 0 spiro atoms. The summed E-state index contributed by atoms with van der Waals surface area (Å²) >= 11 is 0. The van der Waals surface area contributed by atoms with Crippen LogP contribution in [-0.2, 0) is 27.3 Å². The third kappa shape index (κ3) is 5.68. The van der Waals surface area contributed by atoms with Gasteiger partial charge in [0.25, 0.3) is 5.91 Å². The molecule has 0 saturated heterocycles. The number of benzene rings is 2. The minimum absolute atomic E-state index is 0.196. The lowest BCUT2D eigenvalue weighted by atomic mass is 9.89. The highest BCUT2D eigenvalue weighted by Crippen LogP contribution is 2.25. The highest BCUT2D eigenvalue weighted by Gasteiger charge is 2.41. The van der Waals surface area contributed by atoms with Crippen LogP contribution in [0.4, 0.5) is 0 Å². The van der Waals surface area contributed by atoms with E-state index in [1.54, 1.807) is 13.0 Å². The number of rotatable bonds is 9. The Morgan fingerprint density at radius 3 is 2.11 bits per heavy atom. The van der Waals surface area contributed by atoms with Crippen LogP contribution in [0.5, 0.6) is 0 Å². The number of esters is 1. The highest BCUT2D eigenvalue weighted by atomic mass is 16.6. The summed E-state index contributed by atoms with van der Waals surface area (Å²) in [5.41, 5.74) is 0.717. The number of carbonyl (C=O) groups is 2. The van der Waals surface area contributed by atoms with E-state index >= 15 is 0 Å². The van der Waals surface area contributed by atoms with E-state index in [0.717, 1.165) is 11.1 Å². The topological polar surface area (TPSA) is 55.4 Å². The van der Waals surface area contributed by atoms with Crippen molar-refractivity contribution in [3.05, 3.63) is 96.6 Å². The van der Waals surface area contributed by atoms with E-state index in [9.17, 15) is 9.59 Å². The van der Waals surface area contributed by atoms with Crippen molar-refractivity contribution in [2.45, 2.75) is 31.9 Å². The van der Waals surface area contributed by atoms with E-state index in [4.69, 9.17) is 4.74 Å². The molecule has 0 heterocycles. The zero-order chi connectivity index (χ0) is 19.7. The summed E-state index contributed by atoms with van der Waals surface area (Å²) in [4.78, 5) is 25.4. The zero-order valence-corrected chi connectivity index (χ0v) is 15.6. The summed E-state index contributed by atoms with van der Waals surface area (Å²) < 4.78 is 5.67. The molecule has 2 aromatic carbocycles. The molecule has 140 valence electrons. The predicted molar refractivity (Wildman–Crippen MR) is 107 cm³/mol. The molecule has 2 rings (SSSR count). The van der Waals surface area contributed by atoms with Crippen molar-refractivity contribution in [1.29, 1.82) is 0 Å². The van der Waals surface area contributed by atoms with Crippen molar-refractivity contribution in [1.82, 2.24) is 5.32 Å². The molecule has 0 fully saturated rings. The van der Waals surface area contributed by atoms with Crippen LogP contribution in [0.1, 0.15) is 24.5 Å². The lowest BCUT2D eigenvalue weighted by Crippen LogP contribution is -2.51. The summed E-state index contributed by atoms with van der Waals surface area (Å²) in [5.74, 6) is -0.952. The van der Waals surface area contributed by atoms with Crippen molar-refractivity contribution in [3.63, 3.8) is 0 Å². The van der Waals surface area contributed by atoms with Gasteiger partial charge in [0.2, 0.25) is 0 Å². The molecule has 2 aromatic rings. The molecule has 0 bridgehead atoms. The number of nitrogens with one attached hydrogen (secondary N) is 1. The maximum atomic E-state index is 13.1. The fourth-order valence-electron chi connectivity index (χ4n) is 2.73. The lowest BCUT2D eigenvalue weighted by molar-refractivity contribution is -0.165. The predicted octanol–water partition coefficient (Wildman–Crippen LogP) is 3.98. The summed E-state index contributed by atoms with van der Waals surface area (Å²) in [7, 11) is 0. The van der Waals surface area contributed by atoms with Crippen LogP contribution in [0.15, 0.2) is 85.5 Å². The molecular weight excluding hydrogens is 338 g/mol. The Labute approximate surface area is 160 Å². The van der Waals surface area contributed by atoms with E-state index in [1.807, 2.05) is 60.7 Å². The van der Waals surface area contributed by atoms with E-state index in [1.165, 1.54) is 0 Å². The third-order valence-corrected chi connectivity index (χ3v) is 4.15. The SMILES string of the molecule is C=CCC(Cc1ccccc1)(OC(=O)C(=C)C)C(=O)NCc1ccccc1. The monoisotopic (exact) mass is 363 g/mol. The second kappa shape index (κ2) is 9.53. The van der Waals surface area contributed by atoms with E-state index in [0.29, 0.717) is 6.54 Å². The van der Waals surface area contributed by atoms with Crippen LogP contribution in [0.3, 0.4) is 0 Å². The van der Waals surface area contributed by atoms with Gasteiger partial charge in [0.05, 0.1) is 0 Å². The van der Waals surface area contributed by atoms with E-state index in [-0.39, 0.29) is 24.3 Å². The smallest absolute Gasteiger partial charge is 0.334 e. The van der Waals surface area contributed by atoms with Gasteiger partial charge >= 0.3 is 5.97 Å². The minimum Gasteiger partial charge on any atom is -0.445 e. The second-order valence-corrected chi connectivity index (χ2v) is 6.49. The molecule has 1 amide bonds. The molecular formula is C23H25NO3. The first-order chi connectivity index (χ1) is 13.0. The molecule has 0 aliphatic heterocycles. The van der Waals surface area contributed by atoms with Gasteiger partial charge in [0.15, 0.2) is 5.60 Å². The minimum atomic E-state index is -1.38. The van der Waals surface area contributed by atoms with Crippen LogP contribution in [0.25, 0.3) is 0 Å². The summed E-state index contributed by atoms with van der Waals surface area (Å²) in [6.07, 6.45) is 2.04. The molecule has 4 nitrogen and oxygen atoms in total. The van der Waals surface area contributed by atoms with E-state index < -0.39 is 11.6 Å². The lowest BCUT2D eigenvalue weighted by Gasteiger charge is -2.31. The van der Waals surface area contributed by atoms with Gasteiger partial charge in [-0.1, -0.05) is 73.3 Å². The van der Waals surface area contributed by atoms with Crippen LogP contribution in [0, 0.1) is 0 Å². The number of amides is 1. The van der Waals surface area contributed by atoms with Crippen LogP contribution in [0.2, 0.25) is 0 Å². The van der Waals surface area contributed by atoms with Crippen LogP contribution in [-0.4, -0.2) is 17.5 Å². The van der Waals surface area contributed by atoms with Gasteiger partial charge in [-0.15, -0.1) is 6.58 Å². The highest BCUT2D eigenvalue weighted by molar-refractivity contribution is 5.93. The standard InChI is InChI=1S/C23H25NO3/c1-4-15-23(27-21(25)18(2)3,16-19-11-7-5-8-12-19)22(26)24-17-20-13-9-6-10-14-20/h4-14H,1-2,15-17H2,3H3,(H,24,26). The van der Waals surface area contributed by atoms with E-state index in [2.05, 4.69) is 18.5 Å². The Kier molecular flexibility index (Phi) is 7.12. The van der Waals surface area contributed by atoms with Crippen LogP contribution < -0.4 is 5.32 Å². The Morgan fingerprint density at radius 1 is 1.04 bits per heavy atom. The van der Waals surface area contributed by atoms with Gasteiger partial charge < -0.3 is 10.1 Å². The first kappa shape index (κ1) is 20.2. The molecule has 0 aliphatic rings. The molecule has 0 saturated carbocycles. The third-order valence-electron chi connectivity index (χ3n) is 4.15. The van der Waals surface area contributed by atoms with Gasteiger partial charge in [-0.3, -0.25) is 4.79 Å². The van der Waals surface area contributed by atoms with Crippen LogP contribution >= 0.6 is 0 Å². The fourth-order valence-corrected chi connectivity index (χ4v) is 2.73. The molecule has 4 heteroatoms. The summed E-state index contributed by atoms with van der Waals surface area (Å²) in [6.45, 7) is 9.28. The number of ether oxygens (including phenoxy) is 1. The Balaban J connectivity index is 2.29. The van der Waals surface area contributed by atoms with Crippen molar-refractivity contribution < 1.29 is 14.3 Å². The molecule has 27 heavy (non-hydrogen) atoms. The Bertz CT molecular complexity index is 799. The normalized spacial score (nSPS) is 12.5. The van der Waals surface area contributed by atoms with Crippen molar-refractivity contribution in [2.24, 2.45) is 0 Å².